The molecule has 4 saturated carbocycles. The van der Waals surface area contributed by atoms with E-state index >= 15 is 0 Å². The normalized spacial score (nSPS) is 33.3. The minimum atomic E-state index is -1.15. The molecular formula is C20H27N3O6. The van der Waals surface area contributed by atoms with Crippen molar-refractivity contribution >= 4 is 0 Å². The van der Waals surface area contributed by atoms with Crippen LogP contribution >= 0.6 is 0 Å². The van der Waals surface area contributed by atoms with Crippen molar-refractivity contribution in [1.29, 1.82) is 0 Å². The topological polar surface area (TPSA) is 131 Å². The van der Waals surface area contributed by atoms with Gasteiger partial charge < -0.3 is 15.4 Å². The number of nitrogens with zero attached hydrogens (tertiary/aromatic N) is 2. The third-order valence-corrected chi connectivity index (χ3v) is 7.49. The Bertz CT molecular complexity index is 757. The molecule has 4 bridgehead atoms. The van der Waals surface area contributed by atoms with E-state index in [4.69, 9.17) is 10.6 Å². The van der Waals surface area contributed by atoms with E-state index in [1.165, 1.54) is 32.1 Å². The second-order valence-corrected chi connectivity index (χ2v) is 8.85. The monoisotopic (exact) mass is 405 g/mol. The Morgan fingerprint density at radius 1 is 1.07 bits per heavy atom. The van der Waals surface area contributed by atoms with Gasteiger partial charge in [-0.25, -0.2) is 0 Å². The van der Waals surface area contributed by atoms with Crippen LogP contribution in [0.1, 0.15) is 55.8 Å². The fourth-order valence-electron chi connectivity index (χ4n) is 6.74. The summed E-state index contributed by atoms with van der Waals surface area (Å²) in [6.45, 7) is 0.0597. The van der Waals surface area contributed by atoms with Crippen LogP contribution in [-0.2, 0) is 15.1 Å². The van der Waals surface area contributed by atoms with E-state index in [1.807, 2.05) is 12.1 Å². The maximum absolute atomic E-state index is 10.9. The first kappa shape index (κ1) is 19.9. The summed E-state index contributed by atoms with van der Waals surface area (Å²) >= 11 is 0. The van der Waals surface area contributed by atoms with Gasteiger partial charge in [0.1, 0.15) is 6.61 Å². The van der Waals surface area contributed by atoms with Crippen molar-refractivity contribution in [3.05, 3.63) is 55.6 Å². The zero-order valence-corrected chi connectivity index (χ0v) is 16.3. The van der Waals surface area contributed by atoms with E-state index in [-0.39, 0.29) is 5.41 Å². The molecule has 2 N–H and O–H groups in total. The molecule has 1 aromatic rings. The summed E-state index contributed by atoms with van der Waals surface area (Å²) in [5.74, 6) is 2.76. The number of hydrogen-bond donors (Lipinski definition) is 1. The average molecular weight is 405 g/mol. The van der Waals surface area contributed by atoms with Crippen LogP contribution in [0.2, 0.25) is 0 Å². The first-order chi connectivity index (χ1) is 13.9. The first-order valence-electron chi connectivity index (χ1n) is 10.3. The Morgan fingerprint density at radius 2 is 1.72 bits per heavy atom. The van der Waals surface area contributed by atoms with Crippen molar-refractivity contribution in [1.82, 2.24) is 0 Å². The number of rotatable bonds is 9. The van der Waals surface area contributed by atoms with Crippen LogP contribution in [0.25, 0.3) is 0 Å². The quantitative estimate of drug-likeness (QED) is 0.493. The average Bonchev–Trinajstić information content (AvgIpc) is 2.67. The van der Waals surface area contributed by atoms with E-state index in [2.05, 4.69) is 10.9 Å². The summed E-state index contributed by atoms with van der Waals surface area (Å²) in [6, 6.07) is 7.57. The zero-order valence-electron chi connectivity index (χ0n) is 16.3. The van der Waals surface area contributed by atoms with Crippen molar-refractivity contribution < 1.29 is 19.8 Å². The molecule has 4 aliphatic rings. The van der Waals surface area contributed by atoms with Gasteiger partial charge in [-0.1, -0.05) is 24.3 Å². The SMILES string of the molecule is NCCC1(c2cccc(C(CO[N+](=O)[O-])O[N+](=O)[O-])c2)C2CC3CC(C2)CC1C3. The lowest BCUT2D eigenvalue weighted by Gasteiger charge is -2.62. The molecule has 0 aliphatic heterocycles. The highest BCUT2D eigenvalue weighted by Gasteiger charge is 2.57. The molecule has 5 rings (SSSR count). The van der Waals surface area contributed by atoms with Gasteiger partial charge in [-0.15, -0.1) is 20.2 Å². The molecular weight excluding hydrogens is 378 g/mol. The van der Waals surface area contributed by atoms with E-state index in [0.29, 0.717) is 23.9 Å². The minimum absolute atomic E-state index is 0.0265. The molecule has 9 heteroatoms. The largest absolute Gasteiger partial charge is 0.330 e. The molecule has 1 aromatic carbocycles. The third kappa shape index (κ3) is 3.63. The van der Waals surface area contributed by atoms with Gasteiger partial charge in [0.15, 0.2) is 6.10 Å². The Labute approximate surface area is 168 Å². The van der Waals surface area contributed by atoms with Crippen molar-refractivity contribution in [2.24, 2.45) is 29.4 Å². The third-order valence-electron chi connectivity index (χ3n) is 7.49. The Hall–Kier alpha value is -2.42. The van der Waals surface area contributed by atoms with Gasteiger partial charge in [-0.05, 0) is 79.9 Å². The van der Waals surface area contributed by atoms with E-state index < -0.39 is 22.9 Å². The van der Waals surface area contributed by atoms with Gasteiger partial charge in [-0.3, -0.25) is 0 Å². The lowest BCUT2D eigenvalue weighted by Crippen LogP contribution is -2.56. The van der Waals surface area contributed by atoms with Crippen molar-refractivity contribution in [2.45, 2.75) is 50.0 Å². The maximum Gasteiger partial charge on any atom is 0.295 e. The van der Waals surface area contributed by atoms with Crippen molar-refractivity contribution in [3.63, 3.8) is 0 Å². The summed E-state index contributed by atoms with van der Waals surface area (Å²) in [4.78, 5) is 30.6. The van der Waals surface area contributed by atoms with Crippen LogP contribution in [0.4, 0.5) is 0 Å². The zero-order chi connectivity index (χ0) is 20.6. The first-order valence-corrected chi connectivity index (χ1v) is 10.3. The molecule has 0 aromatic heterocycles. The summed E-state index contributed by atoms with van der Waals surface area (Å²) < 4.78 is 0. The lowest BCUT2D eigenvalue weighted by atomic mass is 9.43. The van der Waals surface area contributed by atoms with Crippen LogP contribution < -0.4 is 5.73 Å². The van der Waals surface area contributed by atoms with Crippen LogP contribution in [0.3, 0.4) is 0 Å². The smallest absolute Gasteiger partial charge is 0.295 e. The van der Waals surface area contributed by atoms with Gasteiger partial charge in [0.25, 0.3) is 10.2 Å². The van der Waals surface area contributed by atoms with Gasteiger partial charge in [-0.2, -0.15) is 0 Å². The fourth-order valence-corrected chi connectivity index (χ4v) is 6.74. The molecule has 0 amide bonds. The summed E-state index contributed by atoms with van der Waals surface area (Å²) in [5.41, 5.74) is 7.69. The van der Waals surface area contributed by atoms with Gasteiger partial charge in [0.05, 0.1) is 0 Å². The molecule has 9 nitrogen and oxygen atoms in total. The molecule has 4 aliphatic carbocycles. The van der Waals surface area contributed by atoms with Crippen LogP contribution in [0.15, 0.2) is 24.3 Å². The second-order valence-electron chi connectivity index (χ2n) is 8.85. The number of nitrogens with two attached hydrogens (primary N) is 1. The fraction of sp³-hybridized carbons (Fsp3) is 0.700. The van der Waals surface area contributed by atoms with E-state index in [1.54, 1.807) is 6.07 Å². The molecule has 158 valence electrons. The van der Waals surface area contributed by atoms with E-state index in [0.717, 1.165) is 23.8 Å². The van der Waals surface area contributed by atoms with Crippen LogP contribution in [0, 0.1) is 43.9 Å². The molecule has 0 saturated heterocycles. The standard InChI is InChI=1S/C20H27N3O6/c21-5-4-20(17-7-13-6-14(9-17)10-18(20)8-13)16-3-1-2-15(11-16)19(29-23(26)27)12-28-22(24)25/h1-3,11,13-14,17-19H,4-10,12,21H2. The summed E-state index contributed by atoms with van der Waals surface area (Å²) in [5, 5.41) is 19.6. The molecule has 1 unspecified atom stereocenters. The van der Waals surface area contributed by atoms with Gasteiger partial charge >= 0.3 is 0 Å². The predicted molar refractivity (Wildman–Crippen MR) is 103 cm³/mol. The van der Waals surface area contributed by atoms with Gasteiger partial charge in [0, 0.05) is 5.41 Å². The van der Waals surface area contributed by atoms with Crippen LogP contribution in [0.5, 0.6) is 0 Å². The minimum Gasteiger partial charge on any atom is -0.330 e. The van der Waals surface area contributed by atoms with Crippen LogP contribution in [-0.4, -0.2) is 23.3 Å². The summed E-state index contributed by atoms with van der Waals surface area (Å²) in [6.07, 6.45) is 5.96. The molecule has 0 spiro atoms. The summed E-state index contributed by atoms with van der Waals surface area (Å²) in [7, 11) is 0. The van der Waals surface area contributed by atoms with Gasteiger partial charge in [0.2, 0.25) is 0 Å². The molecule has 1 atom stereocenters. The van der Waals surface area contributed by atoms with E-state index in [9.17, 15) is 20.2 Å². The highest BCUT2D eigenvalue weighted by atomic mass is 17.0. The Kier molecular flexibility index (Phi) is 5.33. The predicted octanol–water partition coefficient (Wildman–Crippen LogP) is 3.19. The lowest BCUT2D eigenvalue weighted by molar-refractivity contribution is -0.792. The molecule has 4 fully saturated rings. The number of benzene rings is 1. The highest BCUT2D eigenvalue weighted by Crippen LogP contribution is 2.64. The molecule has 29 heavy (non-hydrogen) atoms. The Morgan fingerprint density at radius 3 is 2.28 bits per heavy atom. The highest BCUT2D eigenvalue weighted by molar-refractivity contribution is 5.35. The second kappa shape index (κ2) is 7.78. The molecule has 0 radical (unpaired) electrons. The maximum atomic E-state index is 10.9. The molecule has 0 heterocycles. The number of hydrogen-bond acceptors (Lipinski definition) is 7. The van der Waals surface area contributed by atoms with Crippen molar-refractivity contribution in [3.8, 4) is 0 Å². The van der Waals surface area contributed by atoms with Crippen molar-refractivity contribution in [2.75, 3.05) is 13.2 Å². The Balaban J connectivity index is 1.68.